The number of hydrogen-bond donors (Lipinski definition) is 0. The fourth-order valence-electron chi connectivity index (χ4n) is 11.4. The fraction of sp³-hybridized carbons (Fsp3) is 0.129. The molecule has 302 valence electrons. The Labute approximate surface area is 371 Å². The summed E-state index contributed by atoms with van der Waals surface area (Å²) in [6.45, 7) is 9.63. The molecule has 0 aromatic heterocycles. The third kappa shape index (κ3) is 5.76. The predicted octanol–water partition coefficient (Wildman–Crippen LogP) is 17.2. The van der Waals surface area contributed by atoms with Gasteiger partial charge in [-0.3, -0.25) is 0 Å². The molecule has 0 atom stereocenters. The Balaban J connectivity index is 1.07. The lowest BCUT2D eigenvalue weighted by Gasteiger charge is -2.26. The molecule has 63 heavy (non-hydrogen) atoms. The maximum Gasteiger partial charge on any atom is 0.0462 e. The van der Waals surface area contributed by atoms with E-state index in [2.05, 4.69) is 233 Å². The maximum absolute atomic E-state index is 2.53. The van der Waals surface area contributed by atoms with Crippen molar-refractivity contribution in [1.82, 2.24) is 0 Å². The lowest BCUT2D eigenvalue weighted by atomic mass is 9.77. The number of para-hydroxylation sites is 2. The Morgan fingerprint density at radius 1 is 0.381 bits per heavy atom. The maximum atomic E-state index is 2.53. The van der Waals surface area contributed by atoms with E-state index in [0.29, 0.717) is 0 Å². The quantitative estimate of drug-likeness (QED) is 0.151. The summed E-state index contributed by atoms with van der Waals surface area (Å²) < 4.78 is 0. The zero-order valence-electron chi connectivity index (χ0n) is 36.4. The summed E-state index contributed by atoms with van der Waals surface area (Å²) in [4.78, 5) is 2.33. The first-order valence-electron chi connectivity index (χ1n) is 22.6. The number of nitrogens with zero attached hydrogens (tertiary/aromatic N) is 1. The van der Waals surface area contributed by atoms with E-state index in [0.717, 1.165) is 29.9 Å². The molecule has 0 fully saturated rings. The standard InChI is InChI=1S/C62H49N/c1-61(2)55-25-15-13-21-47(55)49-34-30-42(38-57(49)61)59-51-23-11-12-24-52(51)60(43-31-35-50-48-22-14-16-26-56(48)62(3,4)58(50)39-43)54-37-41(29-36-53(54)59)40-27-32-46(33-28-40)63(44-17-7-5-8-18-44)45-19-9-6-10-20-45/h5-15,17-25,27-39H,16,26H2,1-4H3. The molecule has 0 amide bonds. The van der Waals surface area contributed by atoms with Crippen molar-refractivity contribution in [1.29, 1.82) is 0 Å². The summed E-state index contributed by atoms with van der Waals surface area (Å²) in [6, 6.07) is 70.3. The second-order valence-corrected chi connectivity index (χ2v) is 18.8. The molecule has 0 bridgehead atoms. The molecule has 1 heteroatoms. The Bertz CT molecular complexity index is 3320. The van der Waals surface area contributed by atoms with E-state index in [9.17, 15) is 0 Å². The molecule has 3 aliphatic rings. The number of fused-ring (bicyclic) bond motifs is 7. The lowest BCUT2D eigenvalue weighted by Crippen LogP contribution is -2.17. The summed E-state index contributed by atoms with van der Waals surface area (Å²) >= 11 is 0. The molecule has 9 aromatic carbocycles. The van der Waals surface area contributed by atoms with Crippen LogP contribution in [0.4, 0.5) is 17.1 Å². The van der Waals surface area contributed by atoms with E-state index in [4.69, 9.17) is 0 Å². The van der Waals surface area contributed by atoms with Crippen molar-refractivity contribution in [3.63, 3.8) is 0 Å². The van der Waals surface area contributed by atoms with Gasteiger partial charge in [0.25, 0.3) is 0 Å². The molecule has 0 radical (unpaired) electrons. The largest absolute Gasteiger partial charge is 0.311 e. The van der Waals surface area contributed by atoms with Crippen LogP contribution in [0.2, 0.25) is 0 Å². The van der Waals surface area contributed by atoms with Crippen LogP contribution < -0.4 is 4.90 Å². The topological polar surface area (TPSA) is 3.24 Å². The van der Waals surface area contributed by atoms with Gasteiger partial charge in [-0.15, -0.1) is 0 Å². The normalized spacial score (nSPS) is 15.3. The summed E-state index contributed by atoms with van der Waals surface area (Å²) in [5, 5.41) is 5.12. The van der Waals surface area contributed by atoms with E-state index in [1.807, 2.05) is 0 Å². The zero-order valence-corrected chi connectivity index (χ0v) is 36.4. The number of anilines is 3. The number of rotatable bonds is 6. The smallest absolute Gasteiger partial charge is 0.0462 e. The second-order valence-electron chi connectivity index (χ2n) is 18.8. The number of benzene rings is 9. The highest BCUT2D eigenvalue weighted by Gasteiger charge is 2.38. The highest BCUT2D eigenvalue weighted by molar-refractivity contribution is 6.22. The molecule has 0 N–H and O–H groups in total. The number of allylic oxidation sites excluding steroid dienone is 4. The second kappa shape index (κ2) is 14.2. The van der Waals surface area contributed by atoms with Gasteiger partial charge in [0, 0.05) is 27.9 Å². The van der Waals surface area contributed by atoms with Gasteiger partial charge < -0.3 is 4.90 Å². The first-order valence-corrected chi connectivity index (χ1v) is 22.6. The predicted molar refractivity (Wildman–Crippen MR) is 268 cm³/mol. The zero-order chi connectivity index (χ0) is 42.5. The van der Waals surface area contributed by atoms with Crippen LogP contribution in [0.15, 0.2) is 206 Å². The first-order chi connectivity index (χ1) is 30.8. The van der Waals surface area contributed by atoms with Gasteiger partial charge >= 0.3 is 0 Å². The van der Waals surface area contributed by atoms with Gasteiger partial charge in [0.15, 0.2) is 0 Å². The Morgan fingerprint density at radius 2 is 0.889 bits per heavy atom. The lowest BCUT2D eigenvalue weighted by molar-refractivity contribution is 0.607. The SMILES string of the molecule is CC1(C)C2=C(C=CCC2)c2ccc(-c3c4ccccc4c(-c4ccc5c(c4)C(C)(C)c4ccccc4-5)c4ccc(-c5ccc(N(c6ccccc6)c6ccccc6)cc5)cc34)cc21. The van der Waals surface area contributed by atoms with E-state index >= 15 is 0 Å². The Hall–Kier alpha value is -7.22. The molecule has 0 heterocycles. The van der Waals surface area contributed by atoms with Crippen LogP contribution in [0.3, 0.4) is 0 Å². The Morgan fingerprint density at radius 3 is 1.57 bits per heavy atom. The fourth-order valence-corrected chi connectivity index (χ4v) is 11.4. The summed E-state index contributed by atoms with van der Waals surface area (Å²) in [5.74, 6) is 0. The summed E-state index contributed by atoms with van der Waals surface area (Å²) in [5.41, 5.74) is 22.1. The van der Waals surface area contributed by atoms with Crippen molar-refractivity contribution in [3.05, 3.63) is 228 Å². The van der Waals surface area contributed by atoms with E-state index < -0.39 is 0 Å². The van der Waals surface area contributed by atoms with Gasteiger partial charge in [0.2, 0.25) is 0 Å². The van der Waals surface area contributed by atoms with Crippen LogP contribution in [0.5, 0.6) is 0 Å². The molecule has 0 saturated carbocycles. The average Bonchev–Trinajstić information content (AvgIpc) is 3.70. The molecule has 9 aromatic rings. The third-order valence-corrected chi connectivity index (χ3v) is 14.6. The van der Waals surface area contributed by atoms with Crippen molar-refractivity contribution in [2.45, 2.75) is 51.4 Å². The minimum atomic E-state index is -0.0942. The van der Waals surface area contributed by atoms with Crippen LogP contribution in [0.1, 0.15) is 62.8 Å². The first kappa shape index (κ1) is 37.5. The van der Waals surface area contributed by atoms with Gasteiger partial charge in [0.1, 0.15) is 0 Å². The van der Waals surface area contributed by atoms with Crippen LogP contribution in [-0.4, -0.2) is 0 Å². The molecule has 0 unspecified atom stereocenters. The Kier molecular flexibility index (Phi) is 8.44. The highest BCUT2D eigenvalue weighted by atomic mass is 15.1. The van der Waals surface area contributed by atoms with Crippen molar-refractivity contribution in [3.8, 4) is 44.5 Å². The molecule has 0 saturated heterocycles. The molecule has 1 nitrogen and oxygen atoms in total. The third-order valence-electron chi connectivity index (χ3n) is 14.6. The van der Waals surface area contributed by atoms with Crippen LogP contribution in [0, 0.1) is 0 Å². The van der Waals surface area contributed by atoms with Crippen LogP contribution in [-0.2, 0) is 10.8 Å². The van der Waals surface area contributed by atoms with Crippen molar-refractivity contribution in [2.75, 3.05) is 4.90 Å². The molecule has 0 aliphatic heterocycles. The summed E-state index contributed by atoms with van der Waals surface area (Å²) in [6.07, 6.45) is 6.97. The molecule has 12 rings (SSSR count). The summed E-state index contributed by atoms with van der Waals surface area (Å²) in [7, 11) is 0. The van der Waals surface area contributed by atoms with Crippen molar-refractivity contribution < 1.29 is 0 Å². The monoisotopic (exact) mass is 807 g/mol. The van der Waals surface area contributed by atoms with Gasteiger partial charge in [-0.25, -0.2) is 0 Å². The van der Waals surface area contributed by atoms with Gasteiger partial charge in [0.05, 0.1) is 0 Å². The van der Waals surface area contributed by atoms with Crippen molar-refractivity contribution in [2.24, 2.45) is 0 Å². The van der Waals surface area contributed by atoms with E-state index in [1.165, 1.54) is 93.9 Å². The van der Waals surface area contributed by atoms with Crippen molar-refractivity contribution >= 4 is 44.2 Å². The minimum absolute atomic E-state index is 0.0218. The minimum Gasteiger partial charge on any atom is -0.311 e. The van der Waals surface area contributed by atoms with E-state index in [1.54, 1.807) is 5.57 Å². The molecule has 3 aliphatic carbocycles. The van der Waals surface area contributed by atoms with E-state index in [-0.39, 0.29) is 10.8 Å². The molecular weight excluding hydrogens is 759 g/mol. The highest BCUT2D eigenvalue weighted by Crippen LogP contribution is 2.54. The molecular formula is C62H49N. The van der Waals surface area contributed by atoms with Gasteiger partial charge in [-0.2, -0.15) is 0 Å². The average molecular weight is 808 g/mol. The van der Waals surface area contributed by atoms with Crippen LogP contribution >= 0.6 is 0 Å². The molecule has 0 spiro atoms. The number of hydrogen-bond acceptors (Lipinski definition) is 1. The van der Waals surface area contributed by atoms with Gasteiger partial charge in [-0.05, 0) is 161 Å². The van der Waals surface area contributed by atoms with Crippen LogP contribution in [0.25, 0.3) is 71.6 Å². The van der Waals surface area contributed by atoms with Gasteiger partial charge in [-0.1, -0.05) is 179 Å².